The molecule has 0 atom stereocenters. The number of benzene rings is 2. The number of rotatable bonds is 6. The highest BCUT2D eigenvalue weighted by atomic mass is 16.2. The number of hydrogen-bond donors (Lipinski definition) is 2. The molecule has 0 aliphatic heterocycles. The van der Waals surface area contributed by atoms with Crippen LogP contribution in [0, 0.1) is 24.2 Å². The lowest BCUT2D eigenvalue weighted by Crippen LogP contribution is -2.30. The van der Waals surface area contributed by atoms with Crippen LogP contribution in [0.5, 0.6) is 0 Å². The molecule has 0 saturated heterocycles. The maximum atomic E-state index is 12.5. The monoisotopic (exact) mass is 376 g/mol. The summed E-state index contributed by atoms with van der Waals surface area (Å²) in [6.45, 7) is 7.86. The van der Waals surface area contributed by atoms with E-state index in [0.29, 0.717) is 25.2 Å². The fourth-order valence-corrected chi connectivity index (χ4v) is 2.92. The van der Waals surface area contributed by atoms with E-state index in [1.165, 1.54) is 0 Å². The number of amides is 1. The van der Waals surface area contributed by atoms with Crippen molar-refractivity contribution in [3.63, 3.8) is 0 Å². The molecule has 146 valence electrons. The first kappa shape index (κ1) is 21.0. The van der Waals surface area contributed by atoms with Gasteiger partial charge in [-0.2, -0.15) is 0 Å². The van der Waals surface area contributed by atoms with E-state index in [2.05, 4.69) is 11.8 Å². The van der Waals surface area contributed by atoms with Crippen molar-refractivity contribution in [3.8, 4) is 11.8 Å². The maximum Gasteiger partial charge on any atom is 0.254 e. The van der Waals surface area contributed by atoms with Gasteiger partial charge in [0.15, 0.2) is 0 Å². The van der Waals surface area contributed by atoms with Gasteiger partial charge in [-0.3, -0.25) is 10.2 Å². The number of carbonyl (C=O) groups is 1. The van der Waals surface area contributed by atoms with Gasteiger partial charge in [0.05, 0.1) is 6.54 Å². The number of nitrogens with zero attached hydrogens (tertiary/aromatic N) is 2. The Bertz CT molecular complexity index is 920. The molecule has 0 saturated carbocycles. The van der Waals surface area contributed by atoms with Crippen LogP contribution < -0.4 is 10.6 Å². The zero-order valence-electron chi connectivity index (χ0n) is 17.0. The number of amidine groups is 1. The molecule has 5 heteroatoms. The molecule has 28 heavy (non-hydrogen) atoms. The van der Waals surface area contributed by atoms with E-state index in [-0.39, 0.29) is 11.7 Å². The van der Waals surface area contributed by atoms with Gasteiger partial charge in [0.2, 0.25) is 0 Å². The SMILES string of the molecule is CCN(CC)C(=O)c1ccc(C#CCN(C)c2cccc(C(=N)N)c2)cc1C. The first-order valence-electron chi connectivity index (χ1n) is 9.41. The summed E-state index contributed by atoms with van der Waals surface area (Å²) in [6.07, 6.45) is 0. The first-order chi connectivity index (χ1) is 13.4. The molecule has 0 bridgehead atoms. The average molecular weight is 377 g/mol. The van der Waals surface area contributed by atoms with E-state index in [1.807, 2.05) is 80.1 Å². The van der Waals surface area contributed by atoms with Crippen molar-refractivity contribution in [3.05, 3.63) is 64.7 Å². The average Bonchev–Trinajstić information content (AvgIpc) is 2.69. The Morgan fingerprint density at radius 2 is 1.86 bits per heavy atom. The largest absolute Gasteiger partial charge is 0.384 e. The number of nitrogen functional groups attached to an aromatic ring is 1. The zero-order valence-corrected chi connectivity index (χ0v) is 17.0. The van der Waals surface area contributed by atoms with E-state index < -0.39 is 0 Å². The molecule has 2 aromatic carbocycles. The molecule has 0 aromatic heterocycles. The molecular formula is C23H28N4O. The minimum atomic E-state index is 0.0520. The Balaban J connectivity index is 2.10. The predicted molar refractivity (Wildman–Crippen MR) is 116 cm³/mol. The van der Waals surface area contributed by atoms with E-state index in [9.17, 15) is 4.79 Å². The molecule has 0 aliphatic rings. The van der Waals surface area contributed by atoms with Crippen molar-refractivity contribution in [2.24, 2.45) is 5.73 Å². The Morgan fingerprint density at radius 1 is 1.14 bits per heavy atom. The molecule has 1 amide bonds. The van der Waals surface area contributed by atoms with Crippen molar-refractivity contribution >= 4 is 17.4 Å². The third-order valence-corrected chi connectivity index (χ3v) is 4.65. The van der Waals surface area contributed by atoms with Crippen molar-refractivity contribution in [2.75, 3.05) is 31.6 Å². The maximum absolute atomic E-state index is 12.5. The number of nitrogens with two attached hydrogens (primary N) is 1. The van der Waals surface area contributed by atoms with Crippen molar-refractivity contribution < 1.29 is 4.79 Å². The van der Waals surface area contributed by atoms with Crippen LogP contribution in [0.25, 0.3) is 0 Å². The van der Waals surface area contributed by atoms with Crippen LogP contribution in [0.1, 0.15) is 40.9 Å². The second-order valence-electron chi connectivity index (χ2n) is 6.63. The summed E-state index contributed by atoms with van der Waals surface area (Å²) in [5.41, 5.74) is 9.76. The second kappa shape index (κ2) is 9.61. The summed E-state index contributed by atoms with van der Waals surface area (Å²) in [5, 5.41) is 7.55. The number of aryl methyl sites for hydroxylation is 1. The Kier molecular flexibility index (Phi) is 7.22. The Hall–Kier alpha value is -3.26. The molecule has 5 nitrogen and oxygen atoms in total. The van der Waals surface area contributed by atoms with Crippen LogP contribution in [0.2, 0.25) is 0 Å². The van der Waals surface area contributed by atoms with Crippen LogP contribution in [-0.4, -0.2) is 43.3 Å². The molecular weight excluding hydrogens is 348 g/mol. The fraction of sp³-hybridized carbons (Fsp3) is 0.304. The fourth-order valence-electron chi connectivity index (χ4n) is 2.92. The predicted octanol–water partition coefficient (Wildman–Crippen LogP) is 3.25. The smallest absolute Gasteiger partial charge is 0.254 e. The lowest BCUT2D eigenvalue weighted by atomic mass is 10.0. The standard InChI is InChI=1S/C23H28N4O/c1-5-27(6-2)23(28)21-13-12-18(15-17(21)3)9-8-14-26(4)20-11-7-10-19(16-20)22(24)25/h7,10-13,15-16H,5-6,14H2,1-4H3,(H3,24,25). The Labute approximate surface area is 167 Å². The summed E-state index contributed by atoms with van der Waals surface area (Å²) in [5.74, 6) is 6.44. The van der Waals surface area contributed by atoms with Gasteiger partial charge in [0, 0.05) is 42.5 Å². The number of carbonyl (C=O) groups excluding carboxylic acids is 1. The van der Waals surface area contributed by atoms with Gasteiger partial charge >= 0.3 is 0 Å². The zero-order chi connectivity index (χ0) is 20.7. The van der Waals surface area contributed by atoms with Crippen LogP contribution >= 0.6 is 0 Å². The highest BCUT2D eigenvalue weighted by molar-refractivity contribution is 5.96. The molecule has 0 spiro atoms. The van der Waals surface area contributed by atoms with Crippen molar-refractivity contribution in [1.29, 1.82) is 5.41 Å². The highest BCUT2D eigenvalue weighted by Gasteiger charge is 2.14. The topological polar surface area (TPSA) is 73.4 Å². The van der Waals surface area contributed by atoms with Crippen molar-refractivity contribution in [1.82, 2.24) is 4.90 Å². The molecule has 0 unspecified atom stereocenters. The summed E-state index contributed by atoms with van der Waals surface area (Å²) in [7, 11) is 1.95. The molecule has 2 rings (SSSR count). The van der Waals surface area contributed by atoms with Gasteiger partial charge in [-0.1, -0.05) is 24.0 Å². The summed E-state index contributed by atoms with van der Waals surface area (Å²) in [4.78, 5) is 16.4. The third kappa shape index (κ3) is 5.14. The number of anilines is 1. The molecule has 0 heterocycles. The summed E-state index contributed by atoms with van der Waals surface area (Å²) in [6, 6.07) is 13.3. The molecule has 0 fully saturated rings. The van der Waals surface area contributed by atoms with Crippen LogP contribution in [0.15, 0.2) is 42.5 Å². The van der Waals surface area contributed by atoms with Gasteiger partial charge in [0.25, 0.3) is 5.91 Å². The van der Waals surface area contributed by atoms with Gasteiger partial charge < -0.3 is 15.5 Å². The van der Waals surface area contributed by atoms with Gasteiger partial charge in [-0.25, -0.2) is 0 Å². The molecule has 0 radical (unpaired) electrons. The van der Waals surface area contributed by atoms with Crippen LogP contribution in [0.4, 0.5) is 5.69 Å². The highest BCUT2D eigenvalue weighted by Crippen LogP contribution is 2.15. The van der Waals surface area contributed by atoms with Gasteiger partial charge in [0.1, 0.15) is 5.84 Å². The quantitative estimate of drug-likeness (QED) is 0.462. The Morgan fingerprint density at radius 3 is 2.46 bits per heavy atom. The van der Waals surface area contributed by atoms with Gasteiger partial charge in [-0.05, 0) is 56.7 Å². The first-order valence-corrected chi connectivity index (χ1v) is 9.41. The lowest BCUT2D eigenvalue weighted by Gasteiger charge is -2.19. The summed E-state index contributed by atoms with van der Waals surface area (Å²) < 4.78 is 0. The van der Waals surface area contributed by atoms with E-state index in [0.717, 1.165) is 22.4 Å². The van der Waals surface area contributed by atoms with Crippen LogP contribution in [-0.2, 0) is 0 Å². The van der Waals surface area contributed by atoms with E-state index >= 15 is 0 Å². The lowest BCUT2D eigenvalue weighted by molar-refractivity contribution is 0.0772. The third-order valence-electron chi connectivity index (χ3n) is 4.65. The number of hydrogen-bond acceptors (Lipinski definition) is 3. The normalized spacial score (nSPS) is 10.0. The van der Waals surface area contributed by atoms with E-state index in [1.54, 1.807) is 0 Å². The molecule has 2 aromatic rings. The minimum Gasteiger partial charge on any atom is -0.384 e. The number of nitrogens with one attached hydrogen (secondary N) is 1. The minimum absolute atomic E-state index is 0.0520. The van der Waals surface area contributed by atoms with Crippen LogP contribution in [0.3, 0.4) is 0 Å². The summed E-state index contributed by atoms with van der Waals surface area (Å²) >= 11 is 0. The van der Waals surface area contributed by atoms with Crippen molar-refractivity contribution in [2.45, 2.75) is 20.8 Å². The second-order valence-corrected chi connectivity index (χ2v) is 6.63. The van der Waals surface area contributed by atoms with Gasteiger partial charge in [-0.15, -0.1) is 0 Å². The van der Waals surface area contributed by atoms with E-state index in [4.69, 9.17) is 11.1 Å². The molecule has 0 aliphatic carbocycles. The molecule has 3 N–H and O–H groups in total.